The molecule has 2 aliphatic rings. The zero-order valence-corrected chi connectivity index (χ0v) is 9.09. The highest BCUT2D eigenvalue weighted by molar-refractivity contribution is 6.27. The highest BCUT2D eigenvalue weighted by Gasteiger charge is 2.43. The summed E-state index contributed by atoms with van der Waals surface area (Å²) in [5, 5.41) is 0. The van der Waals surface area contributed by atoms with Crippen LogP contribution < -0.4 is 5.73 Å². The average molecular weight is 217 g/mol. The zero-order chi connectivity index (χ0) is 10.2. The molecule has 14 heavy (non-hydrogen) atoms. The summed E-state index contributed by atoms with van der Waals surface area (Å²) in [7, 11) is 0. The molecule has 3 nitrogen and oxygen atoms in total. The molecule has 4 heteroatoms. The summed E-state index contributed by atoms with van der Waals surface area (Å²) in [5.74, 6) is 0.186. The summed E-state index contributed by atoms with van der Waals surface area (Å²) < 4.78 is 0. The van der Waals surface area contributed by atoms with Crippen molar-refractivity contribution in [1.29, 1.82) is 0 Å². The van der Waals surface area contributed by atoms with Crippen LogP contribution in [0.2, 0.25) is 0 Å². The van der Waals surface area contributed by atoms with E-state index in [-0.39, 0.29) is 11.8 Å². The molecule has 2 unspecified atom stereocenters. The fourth-order valence-electron chi connectivity index (χ4n) is 2.86. The highest BCUT2D eigenvalue weighted by Crippen LogP contribution is 2.44. The van der Waals surface area contributed by atoms with E-state index in [1.807, 2.05) is 4.90 Å². The largest absolute Gasteiger partial charge is 0.341 e. The Morgan fingerprint density at radius 1 is 1.57 bits per heavy atom. The summed E-state index contributed by atoms with van der Waals surface area (Å²) in [6, 6.07) is 0.348. The van der Waals surface area contributed by atoms with Crippen molar-refractivity contribution in [2.24, 2.45) is 11.1 Å². The Morgan fingerprint density at radius 2 is 2.36 bits per heavy atom. The minimum atomic E-state index is 0.0732. The molecule has 1 saturated carbocycles. The van der Waals surface area contributed by atoms with Crippen LogP contribution in [0.25, 0.3) is 0 Å². The van der Waals surface area contributed by atoms with Crippen molar-refractivity contribution in [3.05, 3.63) is 0 Å². The fraction of sp³-hybridized carbons (Fsp3) is 0.900. The number of likely N-dealkylation sites (tertiary alicyclic amines) is 1. The van der Waals surface area contributed by atoms with E-state index in [2.05, 4.69) is 0 Å². The van der Waals surface area contributed by atoms with E-state index in [0.29, 0.717) is 11.5 Å². The molecule has 1 amide bonds. The third kappa shape index (κ3) is 1.75. The van der Waals surface area contributed by atoms with Gasteiger partial charge < -0.3 is 10.6 Å². The van der Waals surface area contributed by atoms with Gasteiger partial charge in [0.25, 0.3) is 0 Å². The topological polar surface area (TPSA) is 46.3 Å². The summed E-state index contributed by atoms with van der Waals surface area (Å²) in [5.41, 5.74) is 6.25. The van der Waals surface area contributed by atoms with E-state index in [4.69, 9.17) is 17.3 Å². The molecule has 2 N–H and O–H groups in total. The number of carbonyl (C=O) groups excluding carboxylic acids is 1. The van der Waals surface area contributed by atoms with Crippen LogP contribution in [-0.2, 0) is 4.79 Å². The Hall–Kier alpha value is -0.280. The van der Waals surface area contributed by atoms with E-state index < -0.39 is 0 Å². The first-order valence-electron chi connectivity index (χ1n) is 5.25. The minimum absolute atomic E-state index is 0.0732. The molecule has 0 bridgehead atoms. The molecule has 0 aromatic carbocycles. The van der Waals surface area contributed by atoms with Crippen LogP contribution in [0.4, 0.5) is 0 Å². The highest BCUT2D eigenvalue weighted by atomic mass is 35.5. The molecule has 1 aliphatic carbocycles. The molecular formula is C10H17ClN2O. The van der Waals surface area contributed by atoms with E-state index in [0.717, 1.165) is 32.4 Å². The maximum absolute atomic E-state index is 11.4. The lowest BCUT2D eigenvalue weighted by molar-refractivity contribution is -0.127. The van der Waals surface area contributed by atoms with E-state index in [1.54, 1.807) is 0 Å². The Balaban J connectivity index is 1.97. The van der Waals surface area contributed by atoms with Gasteiger partial charge in [-0.15, -0.1) is 11.6 Å². The maximum atomic E-state index is 11.4. The Labute approximate surface area is 89.6 Å². The first kappa shape index (κ1) is 10.2. The van der Waals surface area contributed by atoms with Crippen LogP contribution in [0, 0.1) is 5.41 Å². The quantitative estimate of drug-likeness (QED) is 0.664. The third-order valence-electron chi connectivity index (χ3n) is 3.65. The molecule has 80 valence electrons. The summed E-state index contributed by atoms with van der Waals surface area (Å²) >= 11 is 5.54. The second-order valence-electron chi connectivity index (χ2n) is 4.70. The number of halogens is 1. The van der Waals surface area contributed by atoms with Crippen molar-refractivity contribution < 1.29 is 4.79 Å². The number of carbonyl (C=O) groups is 1. The van der Waals surface area contributed by atoms with Crippen LogP contribution in [0.15, 0.2) is 0 Å². The molecule has 1 spiro atoms. The second kappa shape index (κ2) is 3.70. The van der Waals surface area contributed by atoms with E-state index >= 15 is 0 Å². The monoisotopic (exact) mass is 216 g/mol. The van der Waals surface area contributed by atoms with Gasteiger partial charge >= 0.3 is 0 Å². The zero-order valence-electron chi connectivity index (χ0n) is 8.34. The number of hydrogen-bond donors (Lipinski definition) is 1. The standard InChI is InChI=1S/C10H17ClN2O/c11-6-9(14)13-4-3-10(7-13)2-1-8(12)5-10/h8H,1-7,12H2. The Bertz CT molecular complexity index is 246. The lowest BCUT2D eigenvalue weighted by Gasteiger charge is -2.23. The van der Waals surface area contributed by atoms with Gasteiger partial charge in [0, 0.05) is 19.1 Å². The molecule has 0 aromatic rings. The van der Waals surface area contributed by atoms with Crippen molar-refractivity contribution in [1.82, 2.24) is 4.90 Å². The summed E-state index contributed by atoms with van der Waals surface area (Å²) in [6.07, 6.45) is 4.49. The number of amides is 1. The van der Waals surface area contributed by atoms with Crippen LogP contribution in [0.3, 0.4) is 0 Å². The number of nitrogens with zero attached hydrogens (tertiary/aromatic N) is 1. The lowest BCUT2D eigenvalue weighted by Crippen LogP contribution is -2.32. The first-order valence-corrected chi connectivity index (χ1v) is 5.78. The van der Waals surface area contributed by atoms with Gasteiger partial charge in [-0.1, -0.05) is 0 Å². The molecule has 0 aromatic heterocycles. The van der Waals surface area contributed by atoms with Gasteiger partial charge in [-0.05, 0) is 31.1 Å². The molecule has 1 heterocycles. The van der Waals surface area contributed by atoms with Gasteiger partial charge in [-0.2, -0.15) is 0 Å². The number of nitrogens with two attached hydrogens (primary N) is 1. The predicted octanol–water partition coefficient (Wildman–Crippen LogP) is 0.955. The first-order chi connectivity index (χ1) is 6.65. The van der Waals surface area contributed by atoms with Crippen LogP contribution in [-0.4, -0.2) is 35.8 Å². The van der Waals surface area contributed by atoms with Gasteiger partial charge in [0.2, 0.25) is 5.91 Å². The molecule has 1 aliphatic heterocycles. The molecule has 2 atom stereocenters. The van der Waals surface area contributed by atoms with Gasteiger partial charge in [-0.25, -0.2) is 0 Å². The number of hydrogen-bond acceptors (Lipinski definition) is 2. The second-order valence-corrected chi connectivity index (χ2v) is 4.97. The van der Waals surface area contributed by atoms with E-state index in [1.165, 1.54) is 6.42 Å². The number of rotatable bonds is 1. The maximum Gasteiger partial charge on any atom is 0.237 e. The van der Waals surface area contributed by atoms with Gasteiger partial charge in [0.1, 0.15) is 5.88 Å². The molecule has 1 saturated heterocycles. The van der Waals surface area contributed by atoms with Crippen molar-refractivity contribution >= 4 is 17.5 Å². The lowest BCUT2D eigenvalue weighted by atomic mass is 9.85. The average Bonchev–Trinajstić information content (AvgIpc) is 2.74. The molecule has 0 radical (unpaired) electrons. The van der Waals surface area contributed by atoms with Crippen molar-refractivity contribution in [2.75, 3.05) is 19.0 Å². The third-order valence-corrected chi connectivity index (χ3v) is 3.87. The van der Waals surface area contributed by atoms with Gasteiger partial charge in [0.05, 0.1) is 0 Å². The summed E-state index contributed by atoms with van der Waals surface area (Å²) in [6.45, 7) is 1.75. The van der Waals surface area contributed by atoms with Gasteiger partial charge in [-0.3, -0.25) is 4.79 Å². The Kier molecular flexibility index (Phi) is 2.71. The van der Waals surface area contributed by atoms with Crippen LogP contribution >= 0.6 is 11.6 Å². The van der Waals surface area contributed by atoms with Crippen LogP contribution in [0.5, 0.6) is 0 Å². The fourth-order valence-corrected chi connectivity index (χ4v) is 3.02. The SMILES string of the molecule is NC1CCC2(CCN(C(=O)CCl)C2)C1. The minimum Gasteiger partial charge on any atom is -0.341 e. The van der Waals surface area contributed by atoms with Crippen molar-refractivity contribution in [2.45, 2.75) is 31.7 Å². The van der Waals surface area contributed by atoms with E-state index in [9.17, 15) is 4.79 Å². The Morgan fingerprint density at radius 3 is 2.93 bits per heavy atom. The smallest absolute Gasteiger partial charge is 0.237 e. The van der Waals surface area contributed by atoms with Gasteiger partial charge in [0.15, 0.2) is 0 Å². The normalized spacial score (nSPS) is 37.0. The van der Waals surface area contributed by atoms with Crippen molar-refractivity contribution in [3.8, 4) is 0 Å². The molecule has 2 fully saturated rings. The van der Waals surface area contributed by atoms with Crippen LogP contribution in [0.1, 0.15) is 25.7 Å². The van der Waals surface area contributed by atoms with Crippen molar-refractivity contribution in [3.63, 3.8) is 0 Å². The number of alkyl halides is 1. The predicted molar refractivity (Wildman–Crippen MR) is 56.2 cm³/mol. The molecular weight excluding hydrogens is 200 g/mol. The molecule has 2 rings (SSSR count). The summed E-state index contributed by atoms with van der Waals surface area (Å²) in [4.78, 5) is 13.3.